The number of nitrogens with one attached hydrogen (secondary N) is 2. The molecule has 8 nitrogen and oxygen atoms in total. The fraction of sp³-hybridized carbons (Fsp3) is 0.250. The molecule has 2 heterocycles. The summed E-state index contributed by atoms with van der Waals surface area (Å²) in [6.45, 7) is 0. The van der Waals surface area contributed by atoms with E-state index in [1.807, 2.05) is 12.1 Å². The Morgan fingerprint density at radius 1 is 1.14 bits per heavy atom. The maximum absolute atomic E-state index is 13.6. The predicted octanol–water partition coefficient (Wildman–Crippen LogP) is 4.68. The number of aromatic nitrogens is 3. The van der Waals surface area contributed by atoms with Gasteiger partial charge in [0.15, 0.2) is 0 Å². The van der Waals surface area contributed by atoms with E-state index in [-0.39, 0.29) is 0 Å². The first-order valence-corrected chi connectivity index (χ1v) is 9.35. The van der Waals surface area contributed by atoms with E-state index in [4.69, 9.17) is 0 Å². The van der Waals surface area contributed by atoms with Crippen LogP contribution >= 0.6 is 0 Å². The molecule has 1 saturated carbocycles. The molecule has 9 heteroatoms. The molecule has 0 unspecified atom stereocenters. The lowest BCUT2D eigenvalue weighted by Gasteiger charge is -2.15. The van der Waals surface area contributed by atoms with Crippen LogP contribution in [0.3, 0.4) is 0 Å². The molecule has 0 bridgehead atoms. The SMILES string of the molecule is O=[N+]([O-])c1cc(Nc2cc(-c3cccnc3)nc(NC3CCCC3)n2)ccc1F. The molecule has 0 amide bonds. The normalized spacial score (nSPS) is 14.0. The lowest BCUT2D eigenvalue weighted by molar-refractivity contribution is -0.387. The summed E-state index contributed by atoms with van der Waals surface area (Å²) in [4.78, 5) is 23.5. The smallest absolute Gasteiger partial charge is 0.306 e. The number of hydrogen-bond acceptors (Lipinski definition) is 7. The fourth-order valence-electron chi connectivity index (χ4n) is 3.37. The number of benzene rings is 1. The third-order valence-electron chi connectivity index (χ3n) is 4.79. The average molecular weight is 394 g/mol. The van der Waals surface area contributed by atoms with E-state index in [1.165, 1.54) is 18.9 Å². The predicted molar refractivity (Wildman–Crippen MR) is 107 cm³/mol. The molecule has 148 valence electrons. The number of nitrogens with zero attached hydrogens (tertiary/aromatic N) is 4. The van der Waals surface area contributed by atoms with Crippen LogP contribution < -0.4 is 10.6 Å². The van der Waals surface area contributed by atoms with Crippen LogP contribution in [0.15, 0.2) is 48.8 Å². The molecule has 29 heavy (non-hydrogen) atoms. The zero-order chi connectivity index (χ0) is 20.2. The second kappa shape index (κ2) is 8.17. The Morgan fingerprint density at radius 2 is 1.97 bits per heavy atom. The largest absolute Gasteiger partial charge is 0.351 e. The molecule has 1 fully saturated rings. The molecule has 2 N–H and O–H groups in total. The van der Waals surface area contributed by atoms with Gasteiger partial charge in [-0.15, -0.1) is 0 Å². The van der Waals surface area contributed by atoms with Crippen molar-refractivity contribution in [2.75, 3.05) is 10.6 Å². The Bertz CT molecular complexity index is 1020. The van der Waals surface area contributed by atoms with Crippen LogP contribution in [-0.2, 0) is 0 Å². The second-order valence-corrected chi connectivity index (χ2v) is 6.88. The van der Waals surface area contributed by atoms with Crippen LogP contribution in [0.2, 0.25) is 0 Å². The van der Waals surface area contributed by atoms with Gasteiger partial charge >= 0.3 is 5.69 Å². The highest BCUT2D eigenvalue weighted by molar-refractivity contribution is 5.67. The van der Waals surface area contributed by atoms with Gasteiger partial charge in [-0.3, -0.25) is 15.1 Å². The van der Waals surface area contributed by atoms with E-state index in [2.05, 4.69) is 25.6 Å². The molecule has 1 aliphatic carbocycles. The minimum absolute atomic E-state index is 0.318. The number of halogens is 1. The van der Waals surface area contributed by atoms with Crippen LogP contribution in [0.5, 0.6) is 0 Å². The summed E-state index contributed by atoms with van der Waals surface area (Å²) in [5, 5.41) is 17.4. The van der Waals surface area contributed by atoms with Crippen molar-refractivity contribution in [3.63, 3.8) is 0 Å². The summed E-state index contributed by atoms with van der Waals surface area (Å²) in [6, 6.07) is 9.38. The molecule has 0 radical (unpaired) electrons. The average Bonchev–Trinajstić information content (AvgIpc) is 3.23. The van der Waals surface area contributed by atoms with Gasteiger partial charge in [-0.1, -0.05) is 12.8 Å². The zero-order valence-electron chi connectivity index (χ0n) is 15.5. The molecule has 0 atom stereocenters. The summed E-state index contributed by atoms with van der Waals surface area (Å²) in [7, 11) is 0. The molecular formula is C20H19FN6O2. The quantitative estimate of drug-likeness (QED) is 0.462. The maximum Gasteiger partial charge on any atom is 0.306 e. The van der Waals surface area contributed by atoms with Gasteiger partial charge in [-0.05, 0) is 37.1 Å². The van der Waals surface area contributed by atoms with Crippen molar-refractivity contribution in [1.82, 2.24) is 15.0 Å². The molecule has 0 spiro atoms. The highest BCUT2D eigenvalue weighted by atomic mass is 19.1. The number of pyridine rings is 1. The molecule has 3 aromatic rings. The maximum atomic E-state index is 13.6. The van der Waals surface area contributed by atoms with Crippen LogP contribution in [0.25, 0.3) is 11.3 Å². The third-order valence-corrected chi connectivity index (χ3v) is 4.79. The zero-order valence-corrected chi connectivity index (χ0v) is 15.5. The fourth-order valence-corrected chi connectivity index (χ4v) is 3.37. The molecule has 2 aromatic heterocycles. The van der Waals surface area contributed by atoms with Gasteiger partial charge in [-0.25, -0.2) is 4.98 Å². The molecule has 0 aliphatic heterocycles. The summed E-state index contributed by atoms with van der Waals surface area (Å²) in [5.74, 6) is 0.0282. The summed E-state index contributed by atoms with van der Waals surface area (Å²) < 4.78 is 13.6. The summed E-state index contributed by atoms with van der Waals surface area (Å²) in [5.41, 5.74) is 1.24. The molecule has 1 aromatic carbocycles. The van der Waals surface area contributed by atoms with Gasteiger partial charge in [0.25, 0.3) is 0 Å². The summed E-state index contributed by atoms with van der Waals surface area (Å²) in [6.07, 6.45) is 7.85. The van der Waals surface area contributed by atoms with Gasteiger partial charge in [0.2, 0.25) is 11.8 Å². The van der Waals surface area contributed by atoms with E-state index in [1.54, 1.807) is 18.5 Å². The van der Waals surface area contributed by atoms with E-state index in [0.29, 0.717) is 29.2 Å². The van der Waals surface area contributed by atoms with Crippen molar-refractivity contribution in [3.05, 3.63) is 64.7 Å². The Kier molecular flexibility index (Phi) is 5.28. The van der Waals surface area contributed by atoms with Crippen LogP contribution in [-0.4, -0.2) is 25.9 Å². The highest BCUT2D eigenvalue weighted by Crippen LogP contribution is 2.28. The van der Waals surface area contributed by atoms with Gasteiger partial charge in [0, 0.05) is 41.8 Å². The van der Waals surface area contributed by atoms with E-state index >= 15 is 0 Å². The van der Waals surface area contributed by atoms with Crippen molar-refractivity contribution in [2.45, 2.75) is 31.7 Å². The number of hydrogen-bond donors (Lipinski definition) is 2. The Morgan fingerprint density at radius 3 is 2.69 bits per heavy atom. The topological polar surface area (TPSA) is 106 Å². The van der Waals surface area contributed by atoms with Gasteiger partial charge in [0.05, 0.1) is 10.6 Å². The molecule has 4 rings (SSSR count). The lowest BCUT2D eigenvalue weighted by atomic mass is 10.2. The van der Waals surface area contributed by atoms with Crippen LogP contribution in [0, 0.1) is 15.9 Å². The Hall–Kier alpha value is -3.62. The van der Waals surface area contributed by atoms with Gasteiger partial charge in [0.1, 0.15) is 5.82 Å². The molecule has 1 aliphatic rings. The Labute approximate surface area is 166 Å². The first kappa shape index (κ1) is 18.7. The standard InChI is InChI=1S/C20H19FN6O2/c21-16-8-7-15(10-18(16)27(28)29)23-19-11-17(13-4-3-9-22-12-13)25-20(26-19)24-14-5-1-2-6-14/h3-4,7-12,14H,1-2,5-6H2,(H2,23,24,25,26). The number of anilines is 3. The van der Waals surface area contributed by atoms with Gasteiger partial charge in [-0.2, -0.15) is 9.37 Å². The van der Waals surface area contributed by atoms with Crippen molar-refractivity contribution in [2.24, 2.45) is 0 Å². The highest BCUT2D eigenvalue weighted by Gasteiger charge is 2.18. The lowest BCUT2D eigenvalue weighted by Crippen LogP contribution is -2.17. The van der Waals surface area contributed by atoms with Crippen LogP contribution in [0.4, 0.5) is 27.5 Å². The van der Waals surface area contributed by atoms with Crippen molar-refractivity contribution in [3.8, 4) is 11.3 Å². The first-order valence-electron chi connectivity index (χ1n) is 9.35. The van der Waals surface area contributed by atoms with Crippen molar-refractivity contribution in [1.29, 1.82) is 0 Å². The third kappa shape index (κ3) is 4.45. The number of nitro groups is 1. The van der Waals surface area contributed by atoms with Gasteiger partial charge < -0.3 is 10.6 Å². The minimum Gasteiger partial charge on any atom is -0.351 e. The van der Waals surface area contributed by atoms with E-state index < -0.39 is 16.4 Å². The summed E-state index contributed by atoms with van der Waals surface area (Å²) >= 11 is 0. The van der Waals surface area contributed by atoms with Crippen molar-refractivity contribution >= 4 is 23.1 Å². The molecular weight excluding hydrogens is 375 g/mol. The van der Waals surface area contributed by atoms with Crippen LogP contribution in [0.1, 0.15) is 25.7 Å². The number of nitro benzene ring substituents is 1. The molecule has 0 saturated heterocycles. The Balaban J connectivity index is 1.68. The second-order valence-electron chi connectivity index (χ2n) is 6.88. The van der Waals surface area contributed by atoms with E-state index in [9.17, 15) is 14.5 Å². The number of rotatable bonds is 6. The minimum atomic E-state index is -0.886. The first-order chi connectivity index (χ1) is 14.1. The monoisotopic (exact) mass is 394 g/mol. The van der Waals surface area contributed by atoms with Crippen molar-refractivity contribution < 1.29 is 9.31 Å². The van der Waals surface area contributed by atoms with E-state index in [0.717, 1.165) is 30.5 Å².